The number of hydrogen-bond donors (Lipinski definition) is 2. The van der Waals surface area contributed by atoms with Crippen LogP contribution in [0, 0.1) is 0 Å². The Morgan fingerprint density at radius 1 is 1.27 bits per heavy atom. The molecule has 30 heavy (non-hydrogen) atoms. The Balaban J connectivity index is 0.000000479. The number of pyridine rings is 1. The molecule has 0 atom stereocenters. The topological polar surface area (TPSA) is 145 Å². The summed E-state index contributed by atoms with van der Waals surface area (Å²) in [5, 5.41) is 12.7. The first kappa shape index (κ1) is 24.3. The van der Waals surface area contributed by atoms with Crippen LogP contribution in [0.1, 0.15) is 6.42 Å². The van der Waals surface area contributed by atoms with Gasteiger partial charge < -0.3 is 20.1 Å². The van der Waals surface area contributed by atoms with E-state index in [9.17, 15) is 32.3 Å². The van der Waals surface area contributed by atoms with Crippen molar-refractivity contribution < 1.29 is 42.1 Å². The van der Waals surface area contributed by atoms with Gasteiger partial charge in [0.25, 0.3) is 5.56 Å². The molecule has 13 heteroatoms. The van der Waals surface area contributed by atoms with Gasteiger partial charge >= 0.3 is 18.1 Å². The third-order valence-electron chi connectivity index (χ3n) is 3.40. The number of nitrogens with two attached hydrogens (primary N) is 1. The van der Waals surface area contributed by atoms with E-state index in [0.29, 0.717) is 12.7 Å². The lowest BCUT2D eigenvalue weighted by Gasteiger charge is -2.04. The Bertz CT molecular complexity index is 957. The summed E-state index contributed by atoms with van der Waals surface area (Å²) >= 11 is 0. The van der Waals surface area contributed by atoms with Crippen LogP contribution < -0.4 is 16.0 Å². The lowest BCUT2D eigenvalue weighted by atomic mass is 10.1. The molecule has 0 aliphatic carbocycles. The molecule has 3 N–H and O–H groups in total. The van der Waals surface area contributed by atoms with E-state index in [1.165, 1.54) is 21.5 Å². The second kappa shape index (κ2) is 10.7. The first-order valence-electron chi connectivity index (χ1n) is 8.16. The van der Waals surface area contributed by atoms with Crippen LogP contribution in [0.5, 0.6) is 0 Å². The van der Waals surface area contributed by atoms with Crippen molar-refractivity contribution in [2.75, 3.05) is 7.11 Å². The summed E-state index contributed by atoms with van der Waals surface area (Å²) in [5.74, 6) is -3.65. The summed E-state index contributed by atoms with van der Waals surface area (Å²) in [7, 11) is 0.676. The number of hydrogen-bond acceptors (Lipinski definition) is 6. The predicted molar refractivity (Wildman–Crippen MR) is 93.6 cm³/mol. The Morgan fingerprint density at radius 2 is 1.93 bits per heavy atom. The second-order valence-corrected chi connectivity index (χ2v) is 5.66. The quantitative estimate of drug-likeness (QED) is 0.479. The van der Waals surface area contributed by atoms with Gasteiger partial charge in [-0.25, -0.2) is 4.79 Å². The van der Waals surface area contributed by atoms with E-state index in [1.807, 2.05) is 0 Å². The van der Waals surface area contributed by atoms with Crippen molar-refractivity contribution in [3.8, 4) is 11.1 Å². The monoisotopic (exact) mass is 431 g/mol. The number of aryl methyl sites for hydroxylation is 1. The Morgan fingerprint density at radius 3 is 2.33 bits per heavy atom. The zero-order valence-corrected chi connectivity index (χ0v) is 15.6. The first-order valence-corrected chi connectivity index (χ1v) is 8.16. The molecular formula is C17H18F3N4O6+. The molecule has 1 amide bonds. The number of carbonyl (C=O) groups is 3. The number of primary amides is 1. The molecule has 0 fully saturated rings. The third kappa shape index (κ3) is 8.08. The van der Waals surface area contributed by atoms with E-state index in [2.05, 4.69) is 9.84 Å². The van der Waals surface area contributed by atoms with E-state index in [1.54, 1.807) is 24.5 Å². The van der Waals surface area contributed by atoms with Gasteiger partial charge in [0.2, 0.25) is 5.91 Å². The number of carboxylic acid groups (broad SMARTS) is 1. The van der Waals surface area contributed by atoms with Crippen LogP contribution in [0.3, 0.4) is 0 Å². The fraction of sp³-hybridized carbons (Fsp3) is 0.294. The van der Waals surface area contributed by atoms with Crippen LogP contribution in [0.25, 0.3) is 11.1 Å². The minimum atomic E-state index is -4.85. The molecule has 2 aromatic rings. The summed E-state index contributed by atoms with van der Waals surface area (Å²) in [6.45, 7) is 0.108. The van der Waals surface area contributed by atoms with Gasteiger partial charge in [-0.15, -0.1) is 0 Å². The number of nitrogens with zero attached hydrogens (tertiary/aromatic N) is 3. The fourth-order valence-electron chi connectivity index (χ4n) is 2.00. The van der Waals surface area contributed by atoms with Crippen LogP contribution in [0.2, 0.25) is 0 Å². The number of aliphatic carboxylic acids is 1. The van der Waals surface area contributed by atoms with Gasteiger partial charge in [0, 0.05) is 23.9 Å². The van der Waals surface area contributed by atoms with Crippen LogP contribution in [-0.4, -0.2) is 45.9 Å². The van der Waals surface area contributed by atoms with E-state index >= 15 is 0 Å². The fourth-order valence-corrected chi connectivity index (χ4v) is 2.00. The number of ether oxygens (including phenoxy) is 1. The normalized spacial score (nSPS) is 10.5. The number of carboxylic acids is 1. The summed E-state index contributed by atoms with van der Waals surface area (Å²) in [5.41, 5.74) is 6.09. The number of alkyl halides is 3. The summed E-state index contributed by atoms with van der Waals surface area (Å²) in [4.78, 5) is 42.7. The first-order chi connectivity index (χ1) is 13.9. The summed E-state index contributed by atoms with van der Waals surface area (Å²) in [6.07, 6.45) is -0.176. The average Bonchev–Trinajstić information content (AvgIpc) is 2.67. The van der Waals surface area contributed by atoms with E-state index in [0.717, 1.165) is 5.56 Å². The number of aromatic nitrogens is 3. The molecule has 0 aliphatic rings. The smallest absolute Gasteiger partial charge is 0.481 e. The molecule has 2 rings (SSSR count). The maximum atomic E-state index is 11.9. The van der Waals surface area contributed by atoms with E-state index in [4.69, 9.17) is 10.8 Å². The molecule has 0 spiro atoms. The second-order valence-electron chi connectivity index (χ2n) is 5.66. The van der Waals surface area contributed by atoms with Gasteiger partial charge in [-0.2, -0.15) is 13.2 Å². The lowest BCUT2D eigenvalue weighted by Crippen LogP contribution is -2.38. The summed E-state index contributed by atoms with van der Waals surface area (Å²) < 4.78 is 39.0. The molecule has 0 aliphatic heterocycles. The molecule has 0 bridgehead atoms. The van der Waals surface area contributed by atoms with Gasteiger partial charge in [0.1, 0.15) is 19.2 Å². The van der Waals surface area contributed by atoms with E-state index in [-0.39, 0.29) is 25.1 Å². The summed E-state index contributed by atoms with van der Waals surface area (Å²) in [6, 6.07) is 4.81. The van der Waals surface area contributed by atoms with Crippen molar-refractivity contribution >= 4 is 17.8 Å². The molecule has 0 unspecified atom stereocenters. The number of amides is 1. The van der Waals surface area contributed by atoms with Crippen LogP contribution in [-0.2, 0) is 32.2 Å². The van der Waals surface area contributed by atoms with Crippen molar-refractivity contribution in [2.45, 2.75) is 25.7 Å². The van der Waals surface area contributed by atoms with Gasteiger partial charge in [0.05, 0.1) is 7.11 Å². The minimum Gasteiger partial charge on any atom is -0.481 e. The maximum Gasteiger partial charge on any atom is 0.490 e. The van der Waals surface area contributed by atoms with Crippen LogP contribution >= 0.6 is 0 Å². The highest BCUT2D eigenvalue weighted by atomic mass is 19.4. The number of rotatable bonds is 6. The number of halogens is 3. The van der Waals surface area contributed by atoms with Crippen molar-refractivity contribution in [1.82, 2.24) is 9.67 Å². The van der Waals surface area contributed by atoms with Crippen molar-refractivity contribution in [3.63, 3.8) is 0 Å². The molecule has 0 aromatic carbocycles. The number of carbonyl (C=O) groups excluding carboxylic acids is 2. The van der Waals surface area contributed by atoms with Crippen molar-refractivity contribution in [3.05, 3.63) is 47.1 Å². The van der Waals surface area contributed by atoms with Gasteiger partial charge in [0.15, 0.2) is 12.7 Å². The Labute approximate surface area is 167 Å². The number of esters is 1. The van der Waals surface area contributed by atoms with Crippen molar-refractivity contribution in [2.24, 2.45) is 5.73 Å². The van der Waals surface area contributed by atoms with E-state index < -0.39 is 24.0 Å². The number of methoxy groups -OCH3 is 1. The molecule has 0 saturated carbocycles. The zero-order valence-electron chi connectivity index (χ0n) is 15.6. The third-order valence-corrected chi connectivity index (χ3v) is 3.40. The largest absolute Gasteiger partial charge is 0.490 e. The predicted octanol–water partition coefficient (Wildman–Crippen LogP) is -0.120. The zero-order chi connectivity index (χ0) is 22.9. The minimum absolute atomic E-state index is 0.0137. The highest BCUT2D eigenvalue weighted by Gasteiger charge is 2.40. The van der Waals surface area contributed by atoms with Crippen molar-refractivity contribution in [1.29, 1.82) is 0 Å². The highest BCUT2D eigenvalue weighted by Crippen LogP contribution is 2.15. The molecule has 0 radical (unpaired) electrons. The SMILES string of the molecule is COC(=O)C(F)(F)F.NC(=O)Cn1ccc(-c2cc[n+](CCC(=O)O)nc2)cc1=O. The molecule has 10 nitrogen and oxygen atoms in total. The molecule has 162 valence electrons. The molecular weight excluding hydrogens is 413 g/mol. The standard InChI is InChI=1S/C14H14N4O4.C3H3F3O2/c15-12(19)9-17-4-1-10(7-13(17)20)11-2-5-18(16-8-11)6-3-14(21)22;1-8-2(7)3(4,5)6/h1-2,4-5,7-8H,3,6,9H2,(H2-,15,19,21,22);1H3/p+1. The Hall–Kier alpha value is -3.77. The molecule has 2 aromatic heterocycles. The van der Waals surface area contributed by atoms with Gasteiger partial charge in [-0.05, 0) is 16.7 Å². The Kier molecular flexibility index (Phi) is 8.64. The lowest BCUT2D eigenvalue weighted by molar-refractivity contribution is -0.752. The maximum absolute atomic E-state index is 11.9. The van der Waals surface area contributed by atoms with Crippen LogP contribution in [0.15, 0.2) is 41.6 Å². The molecule has 0 saturated heterocycles. The van der Waals surface area contributed by atoms with Gasteiger partial charge in [-0.3, -0.25) is 14.4 Å². The van der Waals surface area contributed by atoms with Crippen LogP contribution in [0.4, 0.5) is 13.2 Å². The van der Waals surface area contributed by atoms with Gasteiger partial charge in [-0.1, -0.05) is 4.68 Å². The highest BCUT2D eigenvalue weighted by molar-refractivity contribution is 5.75. The average molecular weight is 431 g/mol. The molecule has 2 heterocycles.